The molecular formula is C22H23N3O4. The number of carbonyl (C=O) groups is 1. The van der Waals surface area contributed by atoms with Gasteiger partial charge in [-0.05, 0) is 32.0 Å². The molecule has 1 aliphatic heterocycles. The third kappa shape index (κ3) is 2.90. The Morgan fingerprint density at radius 1 is 1.03 bits per heavy atom. The van der Waals surface area contributed by atoms with Crippen molar-refractivity contribution in [1.82, 2.24) is 9.55 Å². The van der Waals surface area contributed by atoms with Gasteiger partial charge in [0.25, 0.3) is 0 Å². The number of carbonyl (C=O) groups excluding carboxylic acids is 1. The van der Waals surface area contributed by atoms with Crippen molar-refractivity contribution in [1.29, 1.82) is 0 Å². The van der Waals surface area contributed by atoms with E-state index in [4.69, 9.17) is 19.2 Å². The van der Waals surface area contributed by atoms with Crippen LogP contribution in [0.5, 0.6) is 17.2 Å². The van der Waals surface area contributed by atoms with Crippen molar-refractivity contribution in [3.8, 4) is 17.2 Å². The Hall–Kier alpha value is -3.48. The molecule has 0 bridgehead atoms. The van der Waals surface area contributed by atoms with Crippen LogP contribution in [0.15, 0.2) is 47.7 Å². The second-order valence-corrected chi connectivity index (χ2v) is 6.87. The SMILES string of the molecule is COc1cc(OC)c([C@@H]2C(C(C)=O)=C(C)Nc3nc4ccccc4n32)cc1OC. The zero-order valence-corrected chi connectivity index (χ0v) is 17.1. The van der Waals surface area contributed by atoms with E-state index in [1.807, 2.05) is 41.8 Å². The highest BCUT2D eigenvalue weighted by Crippen LogP contribution is 2.45. The predicted octanol–water partition coefficient (Wildman–Crippen LogP) is 3.94. The number of Topliss-reactive ketones (excluding diaryl/α,β-unsaturated/α-hetero) is 1. The molecule has 0 radical (unpaired) electrons. The van der Waals surface area contributed by atoms with Gasteiger partial charge in [-0.3, -0.25) is 9.36 Å². The first-order valence-electron chi connectivity index (χ1n) is 9.25. The molecule has 1 aromatic heterocycles. The fourth-order valence-corrected chi connectivity index (χ4v) is 3.98. The lowest BCUT2D eigenvalue weighted by Gasteiger charge is -2.31. The van der Waals surface area contributed by atoms with E-state index in [0.29, 0.717) is 28.8 Å². The number of aromatic nitrogens is 2. The van der Waals surface area contributed by atoms with E-state index in [2.05, 4.69) is 5.32 Å². The van der Waals surface area contributed by atoms with Gasteiger partial charge >= 0.3 is 0 Å². The number of nitrogens with zero attached hydrogens (tertiary/aromatic N) is 2. The molecule has 0 spiro atoms. The maximum Gasteiger partial charge on any atom is 0.209 e. The third-order valence-corrected chi connectivity index (χ3v) is 5.24. The van der Waals surface area contributed by atoms with E-state index in [0.717, 1.165) is 22.3 Å². The number of nitrogens with one attached hydrogen (secondary N) is 1. The van der Waals surface area contributed by atoms with Gasteiger partial charge in [-0.1, -0.05) is 12.1 Å². The van der Waals surface area contributed by atoms with E-state index >= 15 is 0 Å². The van der Waals surface area contributed by atoms with Crippen molar-refractivity contribution in [3.05, 3.63) is 53.2 Å². The zero-order chi connectivity index (χ0) is 20.7. The number of benzene rings is 2. The summed E-state index contributed by atoms with van der Waals surface area (Å²) in [4.78, 5) is 17.4. The van der Waals surface area contributed by atoms with E-state index in [1.54, 1.807) is 34.3 Å². The Balaban J connectivity index is 2.07. The minimum absolute atomic E-state index is 0.0275. The first-order chi connectivity index (χ1) is 14.0. The largest absolute Gasteiger partial charge is 0.496 e. The van der Waals surface area contributed by atoms with Crippen LogP contribution in [0, 0.1) is 0 Å². The molecule has 2 heterocycles. The number of para-hydroxylation sites is 2. The van der Waals surface area contributed by atoms with Crippen molar-refractivity contribution >= 4 is 22.8 Å². The van der Waals surface area contributed by atoms with Crippen molar-refractivity contribution in [2.24, 2.45) is 0 Å². The number of methoxy groups -OCH3 is 3. The lowest BCUT2D eigenvalue weighted by atomic mass is 9.91. The molecule has 7 heteroatoms. The van der Waals surface area contributed by atoms with Crippen LogP contribution >= 0.6 is 0 Å². The summed E-state index contributed by atoms with van der Waals surface area (Å²) in [6, 6.07) is 11.1. The first kappa shape index (κ1) is 18.9. The molecule has 1 aliphatic rings. The zero-order valence-electron chi connectivity index (χ0n) is 17.1. The molecule has 4 rings (SSSR count). The van der Waals surface area contributed by atoms with Crippen LogP contribution in [0.25, 0.3) is 11.0 Å². The highest BCUT2D eigenvalue weighted by molar-refractivity contribution is 5.98. The number of imidazole rings is 1. The number of hydrogen-bond acceptors (Lipinski definition) is 6. The smallest absolute Gasteiger partial charge is 0.209 e. The van der Waals surface area contributed by atoms with Gasteiger partial charge in [-0.25, -0.2) is 4.98 Å². The molecule has 2 aromatic carbocycles. The van der Waals surface area contributed by atoms with Gasteiger partial charge < -0.3 is 19.5 Å². The van der Waals surface area contributed by atoms with Gasteiger partial charge in [0.1, 0.15) is 5.75 Å². The Morgan fingerprint density at radius 2 is 1.69 bits per heavy atom. The molecule has 0 unspecified atom stereocenters. The van der Waals surface area contributed by atoms with Crippen LogP contribution in [0.3, 0.4) is 0 Å². The second kappa shape index (κ2) is 7.16. The molecule has 29 heavy (non-hydrogen) atoms. The molecule has 1 atom stereocenters. The summed E-state index contributed by atoms with van der Waals surface area (Å²) in [5.74, 6) is 2.37. The minimum atomic E-state index is -0.425. The van der Waals surface area contributed by atoms with Crippen LogP contribution in [0.2, 0.25) is 0 Å². The summed E-state index contributed by atoms with van der Waals surface area (Å²) >= 11 is 0. The molecule has 7 nitrogen and oxygen atoms in total. The fourth-order valence-electron chi connectivity index (χ4n) is 3.98. The summed E-state index contributed by atoms with van der Waals surface area (Å²) in [5, 5.41) is 3.28. The summed E-state index contributed by atoms with van der Waals surface area (Å²) < 4.78 is 18.7. The van der Waals surface area contributed by atoms with Gasteiger partial charge in [0, 0.05) is 22.9 Å². The van der Waals surface area contributed by atoms with Crippen molar-refractivity contribution in [3.63, 3.8) is 0 Å². The van der Waals surface area contributed by atoms with Gasteiger partial charge in [0.05, 0.1) is 38.4 Å². The van der Waals surface area contributed by atoms with E-state index < -0.39 is 6.04 Å². The second-order valence-electron chi connectivity index (χ2n) is 6.87. The molecule has 0 amide bonds. The van der Waals surface area contributed by atoms with Crippen LogP contribution in [0.1, 0.15) is 25.5 Å². The maximum atomic E-state index is 12.7. The molecule has 0 saturated heterocycles. The number of anilines is 1. The summed E-state index contributed by atoms with van der Waals surface area (Å²) in [6.07, 6.45) is 0. The summed E-state index contributed by atoms with van der Waals surface area (Å²) in [6.45, 7) is 3.46. The minimum Gasteiger partial charge on any atom is -0.496 e. The number of ether oxygens (including phenoxy) is 3. The third-order valence-electron chi connectivity index (χ3n) is 5.24. The van der Waals surface area contributed by atoms with Gasteiger partial charge in [0.2, 0.25) is 5.95 Å². The van der Waals surface area contributed by atoms with Crippen LogP contribution < -0.4 is 19.5 Å². The average molecular weight is 393 g/mol. The number of allylic oxidation sites excluding steroid dienone is 2. The van der Waals surface area contributed by atoms with Gasteiger partial charge in [0.15, 0.2) is 17.3 Å². The monoisotopic (exact) mass is 393 g/mol. The van der Waals surface area contributed by atoms with Gasteiger partial charge in [-0.2, -0.15) is 0 Å². The van der Waals surface area contributed by atoms with E-state index in [1.165, 1.54) is 0 Å². The lowest BCUT2D eigenvalue weighted by molar-refractivity contribution is -0.114. The molecule has 0 fully saturated rings. The van der Waals surface area contributed by atoms with E-state index in [-0.39, 0.29) is 5.78 Å². The summed E-state index contributed by atoms with van der Waals surface area (Å²) in [7, 11) is 4.76. The number of rotatable bonds is 5. The molecular weight excluding hydrogens is 370 g/mol. The Labute approximate surface area is 168 Å². The number of ketones is 1. The maximum absolute atomic E-state index is 12.7. The predicted molar refractivity (Wildman–Crippen MR) is 111 cm³/mol. The topological polar surface area (TPSA) is 74.6 Å². The van der Waals surface area contributed by atoms with Crippen molar-refractivity contribution < 1.29 is 19.0 Å². The van der Waals surface area contributed by atoms with Crippen LogP contribution in [-0.2, 0) is 4.79 Å². The fraction of sp³-hybridized carbons (Fsp3) is 0.273. The van der Waals surface area contributed by atoms with Crippen molar-refractivity contribution in [2.45, 2.75) is 19.9 Å². The van der Waals surface area contributed by atoms with E-state index in [9.17, 15) is 4.79 Å². The first-order valence-corrected chi connectivity index (χ1v) is 9.25. The van der Waals surface area contributed by atoms with Crippen LogP contribution in [0.4, 0.5) is 5.95 Å². The van der Waals surface area contributed by atoms with Crippen molar-refractivity contribution in [2.75, 3.05) is 26.6 Å². The molecule has 0 saturated carbocycles. The Morgan fingerprint density at radius 3 is 2.34 bits per heavy atom. The Bertz CT molecular complexity index is 1150. The molecule has 150 valence electrons. The average Bonchev–Trinajstić information content (AvgIpc) is 3.09. The highest BCUT2D eigenvalue weighted by atomic mass is 16.5. The standard InChI is InChI=1S/C22H23N3O4/c1-12-20(13(2)26)21(14-10-18(28-4)19(29-5)11-17(14)27-3)25-16-9-7-6-8-15(16)24-22(25)23-12/h6-11,21H,1-5H3,(H,23,24)/t21-/m1/s1. The highest BCUT2D eigenvalue weighted by Gasteiger charge is 2.35. The molecule has 1 N–H and O–H groups in total. The van der Waals surface area contributed by atoms with Gasteiger partial charge in [-0.15, -0.1) is 0 Å². The molecule has 0 aliphatic carbocycles. The Kier molecular flexibility index (Phi) is 4.66. The van der Waals surface area contributed by atoms with Crippen LogP contribution in [-0.4, -0.2) is 36.7 Å². The quantitative estimate of drug-likeness (QED) is 0.708. The summed E-state index contributed by atoms with van der Waals surface area (Å²) in [5.41, 5.74) is 3.97. The normalized spacial score (nSPS) is 15.7. The number of hydrogen-bond donors (Lipinski definition) is 1. The number of fused-ring (bicyclic) bond motifs is 3. The lowest BCUT2D eigenvalue weighted by Crippen LogP contribution is -2.27. The molecule has 3 aromatic rings.